The van der Waals surface area contributed by atoms with E-state index < -0.39 is 5.82 Å². The predicted molar refractivity (Wildman–Crippen MR) is 59.9 cm³/mol. The molecule has 0 N–H and O–H groups in total. The minimum atomic E-state index is -0.682. The smallest absolute Gasteiger partial charge is 0.278 e. The summed E-state index contributed by atoms with van der Waals surface area (Å²) in [6.45, 7) is 0. The zero-order valence-corrected chi connectivity index (χ0v) is 9.62. The summed E-state index contributed by atoms with van der Waals surface area (Å²) in [5, 5.41) is 10.9. The fraction of sp³-hybridized carbons (Fsp3) is 0.0909. The van der Waals surface area contributed by atoms with Crippen molar-refractivity contribution in [1.82, 2.24) is 4.98 Å². The largest absolute Gasteiger partial charge is 0.495 e. The standard InChI is InChI=1S/C11H7FN2O2S/c1-15-10-5-7(4-9(12)8(10)6-13)16-11-14-2-3-17-11/h2-5H,1H3. The number of rotatable bonds is 3. The number of hydrogen-bond acceptors (Lipinski definition) is 5. The van der Waals surface area contributed by atoms with Crippen LogP contribution in [0.2, 0.25) is 0 Å². The van der Waals surface area contributed by atoms with Gasteiger partial charge in [-0.1, -0.05) is 11.3 Å². The van der Waals surface area contributed by atoms with Crippen LogP contribution in [0.25, 0.3) is 0 Å². The highest BCUT2D eigenvalue weighted by Gasteiger charge is 2.13. The summed E-state index contributed by atoms with van der Waals surface area (Å²) in [6, 6.07) is 4.31. The summed E-state index contributed by atoms with van der Waals surface area (Å²) < 4.78 is 23.8. The van der Waals surface area contributed by atoms with Crippen molar-refractivity contribution < 1.29 is 13.9 Å². The van der Waals surface area contributed by atoms with Gasteiger partial charge in [0.05, 0.1) is 7.11 Å². The lowest BCUT2D eigenvalue weighted by Gasteiger charge is -2.07. The molecule has 0 amide bonds. The highest BCUT2D eigenvalue weighted by atomic mass is 32.1. The Bertz CT molecular complexity index is 564. The lowest BCUT2D eigenvalue weighted by molar-refractivity contribution is 0.402. The Morgan fingerprint density at radius 1 is 1.47 bits per heavy atom. The molecule has 1 aromatic carbocycles. The van der Waals surface area contributed by atoms with Crippen LogP contribution in [-0.4, -0.2) is 12.1 Å². The molecule has 0 aliphatic rings. The van der Waals surface area contributed by atoms with Crippen molar-refractivity contribution in [2.45, 2.75) is 0 Å². The van der Waals surface area contributed by atoms with Gasteiger partial charge >= 0.3 is 0 Å². The maximum atomic E-state index is 13.5. The van der Waals surface area contributed by atoms with E-state index in [1.54, 1.807) is 17.6 Å². The Labute approximate surface area is 101 Å². The van der Waals surface area contributed by atoms with E-state index in [4.69, 9.17) is 14.7 Å². The highest BCUT2D eigenvalue weighted by Crippen LogP contribution is 2.30. The molecule has 2 aromatic rings. The van der Waals surface area contributed by atoms with Gasteiger partial charge in [0.1, 0.15) is 28.9 Å². The van der Waals surface area contributed by atoms with Gasteiger partial charge in [-0.15, -0.1) is 0 Å². The highest BCUT2D eigenvalue weighted by molar-refractivity contribution is 7.11. The molecule has 0 saturated carbocycles. The maximum Gasteiger partial charge on any atom is 0.278 e. The van der Waals surface area contributed by atoms with Crippen molar-refractivity contribution >= 4 is 11.3 Å². The number of benzene rings is 1. The summed E-state index contributed by atoms with van der Waals surface area (Å²) in [4.78, 5) is 3.91. The molecule has 2 rings (SSSR count). The average Bonchev–Trinajstić information content (AvgIpc) is 2.81. The second-order valence-electron chi connectivity index (χ2n) is 2.99. The van der Waals surface area contributed by atoms with Crippen molar-refractivity contribution in [1.29, 1.82) is 5.26 Å². The quantitative estimate of drug-likeness (QED) is 0.840. The van der Waals surface area contributed by atoms with Gasteiger partial charge in [-0.05, 0) is 0 Å². The number of hydrogen-bond donors (Lipinski definition) is 0. The first-order chi connectivity index (χ1) is 8.24. The van der Waals surface area contributed by atoms with Gasteiger partial charge in [0, 0.05) is 23.7 Å². The fourth-order valence-electron chi connectivity index (χ4n) is 1.25. The Balaban J connectivity index is 2.37. The van der Waals surface area contributed by atoms with Crippen molar-refractivity contribution in [2.75, 3.05) is 7.11 Å². The van der Waals surface area contributed by atoms with E-state index in [0.717, 1.165) is 6.07 Å². The molecule has 4 nitrogen and oxygen atoms in total. The molecule has 1 aromatic heterocycles. The van der Waals surface area contributed by atoms with Gasteiger partial charge in [-0.3, -0.25) is 0 Å². The van der Waals surface area contributed by atoms with E-state index in [0.29, 0.717) is 5.19 Å². The maximum absolute atomic E-state index is 13.5. The van der Waals surface area contributed by atoms with E-state index in [-0.39, 0.29) is 17.1 Å². The first-order valence-electron chi connectivity index (χ1n) is 4.59. The van der Waals surface area contributed by atoms with Crippen LogP contribution in [0.3, 0.4) is 0 Å². The molecule has 1 heterocycles. The van der Waals surface area contributed by atoms with Gasteiger partial charge in [0.15, 0.2) is 0 Å². The summed E-state index contributed by atoms with van der Waals surface area (Å²) in [5.74, 6) is -0.300. The number of thiazole rings is 1. The van der Waals surface area contributed by atoms with Crippen LogP contribution in [0.4, 0.5) is 4.39 Å². The molecule has 0 unspecified atom stereocenters. The van der Waals surface area contributed by atoms with Crippen LogP contribution in [0.1, 0.15) is 5.56 Å². The predicted octanol–water partition coefficient (Wildman–Crippen LogP) is 2.95. The molecule has 0 saturated heterocycles. The molecule has 17 heavy (non-hydrogen) atoms. The molecule has 0 bridgehead atoms. The Kier molecular flexibility index (Phi) is 3.21. The number of methoxy groups -OCH3 is 1. The molecule has 6 heteroatoms. The summed E-state index contributed by atoms with van der Waals surface area (Å²) in [5.41, 5.74) is -0.140. The SMILES string of the molecule is COc1cc(Oc2nccs2)cc(F)c1C#N. The van der Waals surface area contributed by atoms with Gasteiger partial charge in [0.2, 0.25) is 0 Å². The minimum Gasteiger partial charge on any atom is -0.495 e. The zero-order chi connectivity index (χ0) is 12.3. The molecule has 0 radical (unpaired) electrons. The number of ether oxygens (including phenoxy) is 2. The third-order valence-corrected chi connectivity index (χ3v) is 2.62. The van der Waals surface area contributed by atoms with Crippen molar-refractivity contribution in [2.24, 2.45) is 0 Å². The molecule has 0 fully saturated rings. The molecule has 0 aliphatic carbocycles. The van der Waals surface area contributed by atoms with Gasteiger partial charge in [-0.2, -0.15) is 5.26 Å². The molecule has 0 aliphatic heterocycles. The molecule has 86 valence electrons. The Morgan fingerprint density at radius 3 is 2.88 bits per heavy atom. The summed E-state index contributed by atoms with van der Waals surface area (Å²) in [6.07, 6.45) is 1.58. The molecule has 0 atom stereocenters. The van der Waals surface area contributed by atoms with Crippen molar-refractivity contribution in [3.63, 3.8) is 0 Å². The van der Waals surface area contributed by atoms with Crippen molar-refractivity contribution in [3.8, 4) is 22.8 Å². The normalized spacial score (nSPS) is 9.71. The second-order valence-corrected chi connectivity index (χ2v) is 3.85. The van der Waals surface area contributed by atoms with Crippen molar-refractivity contribution in [3.05, 3.63) is 35.1 Å². The van der Waals surface area contributed by atoms with Crippen LogP contribution < -0.4 is 9.47 Å². The molecular formula is C11H7FN2O2S. The lowest BCUT2D eigenvalue weighted by Crippen LogP contribution is -1.94. The van der Waals surface area contributed by atoms with Crippen LogP contribution in [0, 0.1) is 17.1 Å². The van der Waals surface area contributed by atoms with Gasteiger partial charge in [0.25, 0.3) is 5.19 Å². The van der Waals surface area contributed by atoms with Crippen LogP contribution >= 0.6 is 11.3 Å². The first-order valence-corrected chi connectivity index (χ1v) is 5.47. The average molecular weight is 250 g/mol. The van der Waals surface area contributed by atoms with Gasteiger partial charge in [-0.25, -0.2) is 9.37 Å². The molecule has 0 spiro atoms. The Hall–Kier alpha value is -2.13. The van der Waals surface area contributed by atoms with Crippen LogP contribution in [0.15, 0.2) is 23.7 Å². The number of nitrogens with zero attached hydrogens (tertiary/aromatic N) is 2. The van der Waals surface area contributed by atoms with E-state index in [9.17, 15) is 4.39 Å². The Morgan fingerprint density at radius 2 is 2.29 bits per heavy atom. The minimum absolute atomic E-state index is 0.138. The van der Waals surface area contributed by atoms with Crippen LogP contribution in [0.5, 0.6) is 16.7 Å². The number of halogens is 1. The van der Waals surface area contributed by atoms with E-state index in [2.05, 4.69) is 4.98 Å². The monoisotopic (exact) mass is 250 g/mol. The van der Waals surface area contributed by atoms with E-state index >= 15 is 0 Å². The first kappa shape index (κ1) is 11.4. The second kappa shape index (κ2) is 4.80. The summed E-state index contributed by atoms with van der Waals surface area (Å²) >= 11 is 1.29. The third kappa shape index (κ3) is 2.34. The molecular weight excluding hydrogens is 243 g/mol. The third-order valence-electron chi connectivity index (χ3n) is 1.97. The number of nitriles is 1. The fourth-order valence-corrected chi connectivity index (χ4v) is 1.75. The topological polar surface area (TPSA) is 55.1 Å². The van der Waals surface area contributed by atoms with Gasteiger partial charge < -0.3 is 9.47 Å². The zero-order valence-electron chi connectivity index (χ0n) is 8.81. The summed E-state index contributed by atoms with van der Waals surface area (Å²) in [7, 11) is 1.36. The number of aromatic nitrogens is 1. The lowest BCUT2D eigenvalue weighted by atomic mass is 10.2. The van der Waals surface area contributed by atoms with E-state index in [1.807, 2.05) is 0 Å². The van der Waals surface area contributed by atoms with Crippen LogP contribution in [-0.2, 0) is 0 Å². The van der Waals surface area contributed by atoms with E-state index in [1.165, 1.54) is 24.5 Å².